The molecule has 2 rings (SSSR count). The minimum absolute atomic E-state index is 0.0992. The third-order valence-electron chi connectivity index (χ3n) is 4.21. The Balaban J connectivity index is 1.81. The minimum atomic E-state index is -0.254. The fourth-order valence-electron chi connectivity index (χ4n) is 2.96. The molecule has 1 heterocycles. The molecule has 6 heteroatoms. The van der Waals surface area contributed by atoms with Crippen molar-refractivity contribution in [1.82, 2.24) is 15.5 Å². The van der Waals surface area contributed by atoms with Gasteiger partial charge in [0.15, 0.2) is 0 Å². The van der Waals surface area contributed by atoms with Crippen molar-refractivity contribution in [2.24, 2.45) is 0 Å². The van der Waals surface area contributed by atoms with Gasteiger partial charge in [-0.05, 0) is 39.7 Å². The van der Waals surface area contributed by atoms with Crippen molar-refractivity contribution in [2.45, 2.75) is 51.6 Å². The van der Waals surface area contributed by atoms with E-state index in [1.54, 1.807) is 7.11 Å². The van der Waals surface area contributed by atoms with Gasteiger partial charge in [-0.25, -0.2) is 4.79 Å². The Morgan fingerprint density at radius 2 is 1.84 bits per heavy atom. The third kappa shape index (κ3) is 5.96. The molecular weight excluding hydrogens is 318 g/mol. The highest BCUT2D eigenvalue weighted by molar-refractivity contribution is 5.79. The lowest BCUT2D eigenvalue weighted by molar-refractivity contribution is -0.131. The summed E-state index contributed by atoms with van der Waals surface area (Å²) in [6.07, 6.45) is 1.89. The Hall–Kier alpha value is -2.24. The number of nitrogens with one attached hydrogen (secondary N) is 2. The van der Waals surface area contributed by atoms with Crippen molar-refractivity contribution < 1.29 is 14.3 Å². The van der Waals surface area contributed by atoms with E-state index in [9.17, 15) is 9.59 Å². The second-order valence-electron chi connectivity index (χ2n) is 7.49. The number of benzene rings is 1. The lowest BCUT2D eigenvalue weighted by atomic mass is 10.0. The fraction of sp³-hybridized carbons (Fsp3) is 0.579. The lowest BCUT2D eigenvalue weighted by Gasteiger charge is -2.33. The van der Waals surface area contributed by atoms with Crippen LogP contribution in [0.3, 0.4) is 0 Å². The zero-order valence-corrected chi connectivity index (χ0v) is 15.6. The molecule has 138 valence electrons. The normalized spacial score (nSPS) is 15.6. The van der Waals surface area contributed by atoms with E-state index in [2.05, 4.69) is 10.6 Å². The van der Waals surface area contributed by atoms with Crippen LogP contribution in [0.15, 0.2) is 24.3 Å². The summed E-state index contributed by atoms with van der Waals surface area (Å²) in [7, 11) is 1.61. The standard InChI is InChI=1S/C19H29N3O3/c1-19(2,3)21-18(24)20-15-9-11-22(12-10-15)17(23)13-14-7-5-6-8-16(14)25-4/h5-8,15H,9-13H2,1-4H3,(H2,20,21,24). The van der Waals surface area contributed by atoms with Crippen LogP contribution in [0.25, 0.3) is 0 Å². The molecule has 0 saturated carbocycles. The molecule has 6 nitrogen and oxygen atoms in total. The molecule has 0 aliphatic carbocycles. The van der Waals surface area contributed by atoms with E-state index in [0.717, 1.165) is 24.2 Å². The SMILES string of the molecule is COc1ccccc1CC(=O)N1CCC(NC(=O)NC(C)(C)C)CC1. The van der Waals surface area contributed by atoms with Crippen LogP contribution < -0.4 is 15.4 Å². The first-order valence-corrected chi connectivity index (χ1v) is 8.77. The summed E-state index contributed by atoms with van der Waals surface area (Å²) in [5, 5.41) is 5.90. The second-order valence-corrected chi connectivity index (χ2v) is 7.49. The molecule has 1 aliphatic rings. The Labute approximate surface area is 149 Å². The molecular formula is C19H29N3O3. The van der Waals surface area contributed by atoms with E-state index in [4.69, 9.17) is 4.74 Å². The number of ether oxygens (including phenoxy) is 1. The van der Waals surface area contributed by atoms with Gasteiger partial charge >= 0.3 is 6.03 Å². The number of carbonyl (C=O) groups is 2. The van der Waals surface area contributed by atoms with Crippen LogP contribution in [-0.4, -0.2) is 48.6 Å². The van der Waals surface area contributed by atoms with E-state index < -0.39 is 0 Å². The predicted molar refractivity (Wildman–Crippen MR) is 97.7 cm³/mol. The van der Waals surface area contributed by atoms with Crippen LogP contribution in [0, 0.1) is 0 Å². The summed E-state index contributed by atoms with van der Waals surface area (Å²) in [5.41, 5.74) is 0.648. The number of amides is 3. The largest absolute Gasteiger partial charge is 0.496 e. The molecule has 0 unspecified atom stereocenters. The van der Waals surface area contributed by atoms with Crippen molar-refractivity contribution in [3.8, 4) is 5.75 Å². The predicted octanol–water partition coefficient (Wildman–Crippen LogP) is 2.33. The number of carbonyl (C=O) groups excluding carboxylic acids is 2. The third-order valence-corrected chi connectivity index (χ3v) is 4.21. The number of nitrogens with zero attached hydrogens (tertiary/aromatic N) is 1. The fourth-order valence-corrected chi connectivity index (χ4v) is 2.96. The maximum atomic E-state index is 12.5. The number of para-hydroxylation sites is 1. The molecule has 0 radical (unpaired) electrons. The number of methoxy groups -OCH3 is 1. The number of rotatable bonds is 4. The average Bonchev–Trinajstić information content (AvgIpc) is 2.54. The number of hydrogen-bond acceptors (Lipinski definition) is 3. The molecule has 1 aromatic rings. The summed E-state index contributed by atoms with van der Waals surface area (Å²) in [5.74, 6) is 0.841. The quantitative estimate of drug-likeness (QED) is 0.878. The number of urea groups is 1. The first-order valence-electron chi connectivity index (χ1n) is 8.77. The molecule has 0 atom stereocenters. The van der Waals surface area contributed by atoms with Crippen LogP contribution in [0.2, 0.25) is 0 Å². The Morgan fingerprint density at radius 3 is 2.44 bits per heavy atom. The Kier molecular flexibility index (Phi) is 6.28. The molecule has 0 bridgehead atoms. The van der Waals surface area contributed by atoms with E-state index in [-0.39, 0.29) is 23.5 Å². The van der Waals surface area contributed by atoms with Gasteiger partial charge < -0.3 is 20.3 Å². The highest BCUT2D eigenvalue weighted by Gasteiger charge is 2.25. The maximum absolute atomic E-state index is 12.5. The van der Waals surface area contributed by atoms with Gasteiger partial charge in [-0.3, -0.25) is 4.79 Å². The monoisotopic (exact) mass is 347 g/mol. The van der Waals surface area contributed by atoms with Gasteiger partial charge in [0.05, 0.1) is 13.5 Å². The molecule has 3 amide bonds. The highest BCUT2D eigenvalue weighted by atomic mass is 16.5. The number of likely N-dealkylation sites (tertiary alicyclic amines) is 1. The molecule has 1 saturated heterocycles. The van der Waals surface area contributed by atoms with Crippen LogP contribution in [0.1, 0.15) is 39.2 Å². The molecule has 1 aromatic carbocycles. The summed E-state index contributed by atoms with van der Waals surface area (Å²) in [6.45, 7) is 7.17. The van der Waals surface area contributed by atoms with Gasteiger partial charge in [0, 0.05) is 30.2 Å². The van der Waals surface area contributed by atoms with Crippen molar-refractivity contribution in [1.29, 1.82) is 0 Å². The Bertz CT molecular complexity index is 602. The Morgan fingerprint density at radius 1 is 1.20 bits per heavy atom. The van der Waals surface area contributed by atoms with Gasteiger partial charge in [0.25, 0.3) is 0 Å². The van der Waals surface area contributed by atoms with Gasteiger partial charge in [-0.1, -0.05) is 18.2 Å². The molecule has 1 aliphatic heterocycles. The number of hydrogen-bond donors (Lipinski definition) is 2. The van der Waals surface area contributed by atoms with Gasteiger partial charge in [-0.15, -0.1) is 0 Å². The second kappa shape index (κ2) is 8.23. The minimum Gasteiger partial charge on any atom is -0.496 e. The molecule has 0 aromatic heterocycles. The van der Waals surface area contributed by atoms with Crippen LogP contribution in [0.5, 0.6) is 5.75 Å². The zero-order chi connectivity index (χ0) is 18.4. The average molecular weight is 347 g/mol. The molecule has 0 spiro atoms. The van der Waals surface area contributed by atoms with Crippen LogP contribution >= 0.6 is 0 Å². The lowest BCUT2D eigenvalue weighted by Crippen LogP contribution is -2.52. The van der Waals surface area contributed by atoms with Crippen molar-refractivity contribution >= 4 is 11.9 Å². The zero-order valence-electron chi connectivity index (χ0n) is 15.6. The first-order chi connectivity index (χ1) is 11.8. The number of piperidine rings is 1. The van der Waals surface area contributed by atoms with E-state index in [1.807, 2.05) is 49.9 Å². The first kappa shape index (κ1) is 19.1. The van der Waals surface area contributed by atoms with Gasteiger partial charge in [0.2, 0.25) is 5.91 Å². The summed E-state index contributed by atoms with van der Waals surface area (Å²) in [6, 6.07) is 7.56. The van der Waals surface area contributed by atoms with Crippen LogP contribution in [0.4, 0.5) is 4.79 Å². The summed E-state index contributed by atoms with van der Waals surface area (Å²) >= 11 is 0. The van der Waals surface area contributed by atoms with E-state index in [1.165, 1.54) is 0 Å². The molecule has 1 fully saturated rings. The van der Waals surface area contributed by atoms with Crippen molar-refractivity contribution in [3.05, 3.63) is 29.8 Å². The molecule has 2 N–H and O–H groups in total. The maximum Gasteiger partial charge on any atom is 0.315 e. The van der Waals surface area contributed by atoms with Crippen LogP contribution in [-0.2, 0) is 11.2 Å². The van der Waals surface area contributed by atoms with E-state index in [0.29, 0.717) is 19.5 Å². The molecule has 25 heavy (non-hydrogen) atoms. The van der Waals surface area contributed by atoms with Crippen molar-refractivity contribution in [3.63, 3.8) is 0 Å². The summed E-state index contributed by atoms with van der Waals surface area (Å²) in [4.78, 5) is 26.3. The van der Waals surface area contributed by atoms with Gasteiger partial charge in [0.1, 0.15) is 5.75 Å². The van der Waals surface area contributed by atoms with E-state index >= 15 is 0 Å². The van der Waals surface area contributed by atoms with Crippen molar-refractivity contribution in [2.75, 3.05) is 20.2 Å². The highest BCUT2D eigenvalue weighted by Crippen LogP contribution is 2.20. The topological polar surface area (TPSA) is 70.7 Å². The summed E-state index contributed by atoms with van der Waals surface area (Å²) < 4.78 is 5.31. The smallest absolute Gasteiger partial charge is 0.315 e. The van der Waals surface area contributed by atoms with Gasteiger partial charge in [-0.2, -0.15) is 0 Å².